The smallest absolute Gasteiger partial charge is 0.243 e. The number of rotatable bonds is 12. The number of amides is 2. The van der Waals surface area contributed by atoms with Crippen molar-refractivity contribution in [2.45, 2.75) is 58.0 Å². The zero-order chi connectivity index (χ0) is 25.9. The number of carbonyl (C=O) groups excluding carboxylic acids is 2. The third kappa shape index (κ3) is 8.56. The monoisotopic (exact) mass is 502 g/mol. The molecule has 0 fully saturated rings. The van der Waals surface area contributed by atoms with Crippen molar-refractivity contribution in [3.8, 4) is 0 Å². The molecule has 36 heavy (non-hydrogen) atoms. The van der Waals surface area contributed by atoms with Crippen LogP contribution in [0.5, 0.6) is 0 Å². The molecular formula is C31H38N2O2S. The summed E-state index contributed by atoms with van der Waals surface area (Å²) < 4.78 is 0. The Labute approximate surface area is 220 Å². The van der Waals surface area contributed by atoms with Gasteiger partial charge >= 0.3 is 0 Å². The van der Waals surface area contributed by atoms with Crippen LogP contribution < -0.4 is 5.32 Å². The highest BCUT2D eigenvalue weighted by Crippen LogP contribution is 2.22. The maximum atomic E-state index is 13.7. The molecule has 0 spiro atoms. The summed E-state index contributed by atoms with van der Waals surface area (Å²) >= 11 is 1.67. The van der Waals surface area contributed by atoms with E-state index in [1.54, 1.807) is 16.7 Å². The van der Waals surface area contributed by atoms with E-state index in [0.29, 0.717) is 37.6 Å². The van der Waals surface area contributed by atoms with Gasteiger partial charge in [0.15, 0.2) is 0 Å². The maximum absolute atomic E-state index is 13.7. The van der Waals surface area contributed by atoms with E-state index in [-0.39, 0.29) is 11.8 Å². The lowest BCUT2D eigenvalue weighted by atomic mass is 10.0. The summed E-state index contributed by atoms with van der Waals surface area (Å²) in [6, 6.07) is 25.8. The van der Waals surface area contributed by atoms with Gasteiger partial charge < -0.3 is 10.2 Å². The van der Waals surface area contributed by atoms with Gasteiger partial charge in [-0.1, -0.05) is 86.1 Å². The first-order chi connectivity index (χ1) is 17.3. The second-order valence-corrected chi connectivity index (χ2v) is 10.9. The summed E-state index contributed by atoms with van der Waals surface area (Å²) in [5.41, 5.74) is 4.44. The number of hydrogen-bond acceptors (Lipinski definition) is 3. The molecule has 0 heterocycles. The van der Waals surface area contributed by atoms with Gasteiger partial charge in [-0.3, -0.25) is 9.59 Å². The van der Waals surface area contributed by atoms with Gasteiger partial charge in [-0.15, -0.1) is 11.8 Å². The van der Waals surface area contributed by atoms with Crippen molar-refractivity contribution in [1.82, 2.24) is 10.2 Å². The molecule has 1 atom stereocenters. The Balaban J connectivity index is 1.84. The molecule has 0 saturated carbocycles. The van der Waals surface area contributed by atoms with E-state index in [1.807, 2.05) is 48.5 Å². The highest BCUT2D eigenvalue weighted by molar-refractivity contribution is 7.99. The number of carbonyl (C=O) groups is 2. The van der Waals surface area contributed by atoms with Crippen molar-refractivity contribution in [2.24, 2.45) is 5.92 Å². The molecule has 2 amide bonds. The van der Waals surface area contributed by atoms with E-state index in [9.17, 15) is 9.59 Å². The van der Waals surface area contributed by atoms with Crippen molar-refractivity contribution in [3.63, 3.8) is 0 Å². The Bertz CT molecular complexity index is 1110. The second-order valence-electron chi connectivity index (χ2n) is 9.70. The van der Waals surface area contributed by atoms with Gasteiger partial charge in [0.2, 0.25) is 11.8 Å². The van der Waals surface area contributed by atoms with Crippen molar-refractivity contribution in [3.05, 3.63) is 101 Å². The summed E-state index contributed by atoms with van der Waals surface area (Å²) in [5, 5.41) is 3.09. The third-order valence-electron chi connectivity index (χ3n) is 6.16. The van der Waals surface area contributed by atoms with Gasteiger partial charge in [-0.25, -0.2) is 0 Å². The molecule has 1 N–H and O–H groups in total. The maximum Gasteiger partial charge on any atom is 0.243 e. The van der Waals surface area contributed by atoms with Crippen LogP contribution in [0.25, 0.3) is 0 Å². The molecule has 0 bridgehead atoms. The van der Waals surface area contributed by atoms with E-state index >= 15 is 0 Å². The van der Waals surface area contributed by atoms with Crippen LogP contribution in [0.3, 0.4) is 0 Å². The number of benzene rings is 3. The average molecular weight is 503 g/mol. The minimum Gasteiger partial charge on any atom is -0.354 e. The van der Waals surface area contributed by atoms with Crippen LogP contribution in [0.15, 0.2) is 83.8 Å². The normalized spacial score (nSPS) is 11.8. The molecule has 0 aromatic heterocycles. The van der Waals surface area contributed by atoms with Crippen molar-refractivity contribution >= 4 is 23.6 Å². The summed E-state index contributed by atoms with van der Waals surface area (Å²) in [6.45, 7) is 9.26. The molecule has 3 aromatic carbocycles. The first kappa shape index (κ1) is 27.5. The molecule has 190 valence electrons. The molecule has 0 radical (unpaired) electrons. The molecule has 3 rings (SSSR count). The fraction of sp³-hybridized carbons (Fsp3) is 0.355. The minimum atomic E-state index is -0.581. The van der Waals surface area contributed by atoms with Crippen LogP contribution in [-0.2, 0) is 22.6 Å². The fourth-order valence-corrected chi connectivity index (χ4v) is 4.82. The van der Waals surface area contributed by atoms with Crippen molar-refractivity contribution in [1.29, 1.82) is 0 Å². The van der Waals surface area contributed by atoms with E-state index < -0.39 is 6.04 Å². The Hall–Kier alpha value is -3.05. The van der Waals surface area contributed by atoms with E-state index in [2.05, 4.69) is 63.3 Å². The topological polar surface area (TPSA) is 49.4 Å². The van der Waals surface area contributed by atoms with Gasteiger partial charge in [0.1, 0.15) is 6.04 Å². The molecule has 0 aliphatic rings. The van der Waals surface area contributed by atoms with Crippen molar-refractivity contribution < 1.29 is 9.59 Å². The van der Waals surface area contributed by atoms with Crippen LogP contribution in [0, 0.1) is 19.8 Å². The minimum absolute atomic E-state index is 0.00140. The zero-order valence-corrected chi connectivity index (χ0v) is 22.7. The Morgan fingerprint density at radius 3 is 2.22 bits per heavy atom. The second kappa shape index (κ2) is 13.9. The average Bonchev–Trinajstić information content (AvgIpc) is 2.87. The highest BCUT2D eigenvalue weighted by Gasteiger charge is 2.30. The fourth-order valence-electron chi connectivity index (χ4n) is 3.98. The molecule has 0 saturated heterocycles. The predicted octanol–water partition coefficient (Wildman–Crippen LogP) is 6.20. The quantitative estimate of drug-likeness (QED) is 0.300. The van der Waals surface area contributed by atoms with Crippen LogP contribution >= 0.6 is 11.8 Å². The first-order valence-electron chi connectivity index (χ1n) is 12.7. The Kier molecular flexibility index (Phi) is 10.6. The van der Waals surface area contributed by atoms with Crippen LogP contribution in [0.1, 0.15) is 42.5 Å². The number of nitrogens with one attached hydrogen (secondary N) is 1. The molecule has 4 nitrogen and oxygen atoms in total. The van der Waals surface area contributed by atoms with Gasteiger partial charge in [0.05, 0.1) is 0 Å². The lowest BCUT2D eigenvalue weighted by Gasteiger charge is -2.32. The molecule has 0 aliphatic heterocycles. The predicted molar refractivity (Wildman–Crippen MR) is 150 cm³/mol. The van der Waals surface area contributed by atoms with Gasteiger partial charge in [0, 0.05) is 36.6 Å². The summed E-state index contributed by atoms with van der Waals surface area (Å²) in [6.07, 6.45) is 0.848. The molecule has 3 aromatic rings. The highest BCUT2D eigenvalue weighted by atomic mass is 32.2. The van der Waals surface area contributed by atoms with Crippen LogP contribution in [0.4, 0.5) is 0 Å². The zero-order valence-electron chi connectivity index (χ0n) is 21.9. The standard InChI is InChI=1S/C31H38N2O2S/c1-23(2)21-32-31(35)29(20-26-11-6-5-7-12-26)33(22-27-13-9-8-10-25(27)4)30(34)18-19-36-28-16-14-24(3)15-17-28/h5-17,23,29H,18-22H2,1-4H3,(H,32,35)/t29-/m0/s1. The third-order valence-corrected chi connectivity index (χ3v) is 7.18. The van der Waals surface area contributed by atoms with Gasteiger partial charge in [-0.05, 0) is 48.6 Å². The van der Waals surface area contributed by atoms with Gasteiger partial charge in [0.25, 0.3) is 0 Å². The summed E-state index contributed by atoms with van der Waals surface area (Å²) in [4.78, 5) is 30.1. The SMILES string of the molecule is Cc1ccc(SCCC(=O)N(Cc2ccccc2C)[C@@H](Cc2ccccc2)C(=O)NCC(C)C)cc1. The van der Waals surface area contributed by atoms with E-state index in [1.165, 1.54) is 5.56 Å². The summed E-state index contributed by atoms with van der Waals surface area (Å²) in [7, 11) is 0. The van der Waals surface area contributed by atoms with Gasteiger partial charge in [-0.2, -0.15) is 0 Å². The van der Waals surface area contributed by atoms with Crippen molar-refractivity contribution in [2.75, 3.05) is 12.3 Å². The number of thioether (sulfide) groups is 1. The summed E-state index contributed by atoms with van der Waals surface area (Å²) in [5.74, 6) is 0.898. The molecule has 5 heteroatoms. The van der Waals surface area contributed by atoms with E-state index in [4.69, 9.17) is 0 Å². The Morgan fingerprint density at radius 1 is 0.889 bits per heavy atom. The Morgan fingerprint density at radius 2 is 1.56 bits per heavy atom. The van der Waals surface area contributed by atoms with Crippen LogP contribution in [0.2, 0.25) is 0 Å². The largest absolute Gasteiger partial charge is 0.354 e. The number of nitrogens with zero attached hydrogens (tertiary/aromatic N) is 1. The van der Waals surface area contributed by atoms with E-state index in [0.717, 1.165) is 21.6 Å². The van der Waals surface area contributed by atoms with Crippen LogP contribution in [-0.4, -0.2) is 35.1 Å². The lowest BCUT2D eigenvalue weighted by molar-refractivity contribution is -0.141. The number of aryl methyl sites for hydroxylation is 2. The molecular weight excluding hydrogens is 464 g/mol. The molecule has 0 unspecified atom stereocenters. The molecule has 0 aliphatic carbocycles. The number of hydrogen-bond donors (Lipinski definition) is 1. The first-order valence-corrected chi connectivity index (χ1v) is 13.7. The lowest BCUT2D eigenvalue weighted by Crippen LogP contribution is -2.51.